The van der Waals surface area contributed by atoms with Gasteiger partial charge in [0.25, 0.3) is 0 Å². The molecule has 13 heavy (non-hydrogen) atoms. The number of benzene rings is 1. The first kappa shape index (κ1) is 9.73. The molecule has 5 heteroatoms. The summed E-state index contributed by atoms with van der Waals surface area (Å²) in [6.45, 7) is 0. The van der Waals surface area contributed by atoms with Crippen molar-refractivity contribution in [3.8, 4) is 5.75 Å². The van der Waals surface area contributed by atoms with Crippen LogP contribution in [0.15, 0.2) is 23.1 Å². The summed E-state index contributed by atoms with van der Waals surface area (Å²) in [6, 6.07) is 3.66. The molecule has 70 valence electrons. The summed E-state index contributed by atoms with van der Waals surface area (Å²) in [4.78, 5) is 10.1. The molecule has 4 nitrogen and oxygen atoms in total. The van der Waals surface area contributed by atoms with Gasteiger partial charge in [0.1, 0.15) is 16.9 Å². The van der Waals surface area contributed by atoms with Gasteiger partial charge in [-0.2, -0.15) is 0 Å². The molecule has 0 radical (unpaired) electrons. The molecule has 1 N–H and O–H groups in total. The lowest BCUT2D eigenvalue weighted by atomic mass is 10.2. The number of carbonyl (C=O) groups is 1. The maximum atomic E-state index is 11.0. The lowest BCUT2D eigenvalue weighted by Crippen LogP contribution is -1.98. The van der Waals surface area contributed by atoms with E-state index < -0.39 is 9.84 Å². The molecule has 1 rings (SSSR count). The van der Waals surface area contributed by atoms with E-state index in [1.165, 1.54) is 12.1 Å². The van der Waals surface area contributed by atoms with Crippen LogP contribution in [0.5, 0.6) is 5.75 Å². The molecule has 0 heterocycles. The van der Waals surface area contributed by atoms with E-state index in [1.807, 2.05) is 0 Å². The molecule has 1 aromatic rings. The van der Waals surface area contributed by atoms with Gasteiger partial charge in [0.05, 0.1) is 0 Å². The minimum absolute atomic E-state index is 0.221. The third-order valence-electron chi connectivity index (χ3n) is 1.52. The van der Waals surface area contributed by atoms with E-state index in [9.17, 15) is 18.3 Å². The van der Waals surface area contributed by atoms with Crippen molar-refractivity contribution in [2.45, 2.75) is 4.90 Å². The summed E-state index contributed by atoms with van der Waals surface area (Å²) >= 11 is 0. The number of phenols is 1. The zero-order valence-corrected chi connectivity index (χ0v) is 7.71. The van der Waals surface area contributed by atoms with Crippen molar-refractivity contribution >= 4 is 16.1 Å². The SMILES string of the molecule is CS(=O)(=O)c1cc(C=O)ccc1O. The summed E-state index contributed by atoms with van der Waals surface area (Å²) in [6.07, 6.45) is 1.49. The lowest BCUT2D eigenvalue weighted by Gasteiger charge is -2.01. The maximum absolute atomic E-state index is 11.0. The van der Waals surface area contributed by atoms with Gasteiger partial charge < -0.3 is 5.11 Å². The molecule has 0 amide bonds. The highest BCUT2D eigenvalue weighted by Gasteiger charge is 2.12. The van der Waals surface area contributed by atoms with Gasteiger partial charge >= 0.3 is 0 Å². The minimum Gasteiger partial charge on any atom is -0.507 e. The first-order valence-electron chi connectivity index (χ1n) is 3.43. The molecule has 0 aromatic heterocycles. The number of aldehydes is 1. The van der Waals surface area contributed by atoms with Crippen LogP contribution in [0.1, 0.15) is 10.4 Å². The van der Waals surface area contributed by atoms with Gasteiger partial charge in [-0.3, -0.25) is 4.79 Å². The largest absolute Gasteiger partial charge is 0.507 e. The Morgan fingerprint density at radius 1 is 1.38 bits per heavy atom. The molecule has 0 unspecified atom stereocenters. The average Bonchev–Trinajstić information content (AvgIpc) is 2.03. The van der Waals surface area contributed by atoms with Crippen molar-refractivity contribution in [1.29, 1.82) is 0 Å². The topological polar surface area (TPSA) is 71.4 Å². The van der Waals surface area contributed by atoms with Gasteiger partial charge in [0.2, 0.25) is 0 Å². The molecule has 1 aromatic carbocycles. The van der Waals surface area contributed by atoms with Gasteiger partial charge in [0, 0.05) is 11.8 Å². The molecule has 0 atom stereocenters. The molecular weight excluding hydrogens is 192 g/mol. The quantitative estimate of drug-likeness (QED) is 0.710. The number of hydrogen-bond acceptors (Lipinski definition) is 4. The molecule has 0 saturated heterocycles. The van der Waals surface area contributed by atoms with Crippen molar-refractivity contribution in [3.63, 3.8) is 0 Å². The lowest BCUT2D eigenvalue weighted by molar-refractivity contribution is 0.112. The summed E-state index contributed by atoms with van der Waals surface area (Å²) in [5, 5.41) is 9.17. The molecule has 0 bridgehead atoms. The molecular formula is C8H8O4S. The normalized spacial score (nSPS) is 11.2. The van der Waals surface area contributed by atoms with Crippen LogP contribution in [-0.4, -0.2) is 26.1 Å². The smallest absolute Gasteiger partial charge is 0.179 e. The second-order valence-corrected chi connectivity index (χ2v) is 4.60. The molecule has 0 aliphatic carbocycles. The Kier molecular flexibility index (Phi) is 2.38. The maximum Gasteiger partial charge on any atom is 0.179 e. The Bertz CT molecular complexity index is 433. The second kappa shape index (κ2) is 3.18. The van der Waals surface area contributed by atoms with Gasteiger partial charge in [-0.25, -0.2) is 8.42 Å². The Morgan fingerprint density at radius 3 is 2.46 bits per heavy atom. The monoisotopic (exact) mass is 200 g/mol. The van der Waals surface area contributed by atoms with Crippen LogP contribution in [0.3, 0.4) is 0 Å². The summed E-state index contributed by atoms with van der Waals surface area (Å²) < 4.78 is 22.1. The standard InChI is InChI=1S/C8H8O4S/c1-13(11,12)8-4-6(5-9)2-3-7(8)10/h2-5,10H,1H3. The highest BCUT2D eigenvalue weighted by atomic mass is 32.2. The number of phenolic OH excluding ortho intramolecular Hbond substituents is 1. The predicted octanol–water partition coefficient (Wildman–Crippen LogP) is 0.608. The van der Waals surface area contributed by atoms with Gasteiger partial charge in [-0.1, -0.05) is 0 Å². The van der Waals surface area contributed by atoms with E-state index in [4.69, 9.17) is 0 Å². The molecule has 0 fully saturated rings. The van der Waals surface area contributed by atoms with Crippen LogP contribution in [-0.2, 0) is 9.84 Å². The highest BCUT2D eigenvalue weighted by Crippen LogP contribution is 2.22. The fraction of sp³-hybridized carbons (Fsp3) is 0.125. The third kappa shape index (κ3) is 2.06. The summed E-state index contributed by atoms with van der Waals surface area (Å²) in [5.74, 6) is -0.340. The van der Waals surface area contributed by atoms with E-state index in [0.29, 0.717) is 6.29 Å². The number of carbonyl (C=O) groups excluding carboxylic acids is 1. The Balaban J connectivity index is 3.44. The van der Waals surface area contributed by atoms with Crippen LogP contribution in [0.25, 0.3) is 0 Å². The van der Waals surface area contributed by atoms with E-state index in [-0.39, 0.29) is 16.2 Å². The van der Waals surface area contributed by atoms with Gasteiger partial charge in [0.15, 0.2) is 9.84 Å². The Labute approximate surface area is 75.7 Å². The van der Waals surface area contributed by atoms with Crippen LogP contribution in [0, 0.1) is 0 Å². The summed E-state index contributed by atoms with van der Waals surface area (Å²) in [7, 11) is -3.47. The number of sulfone groups is 1. The number of hydrogen-bond donors (Lipinski definition) is 1. The molecule has 0 saturated carbocycles. The van der Waals surface area contributed by atoms with Crippen molar-refractivity contribution in [2.75, 3.05) is 6.26 Å². The molecule has 0 spiro atoms. The van der Waals surface area contributed by atoms with Crippen molar-refractivity contribution in [3.05, 3.63) is 23.8 Å². The van der Waals surface area contributed by atoms with Crippen LogP contribution in [0.2, 0.25) is 0 Å². The second-order valence-electron chi connectivity index (χ2n) is 2.62. The molecule has 0 aliphatic rings. The van der Waals surface area contributed by atoms with Crippen LogP contribution in [0.4, 0.5) is 0 Å². The van der Waals surface area contributed by atoms with Crippen molar-refractivity contribution in [2.24, 2.45) is 0 Å². The first-order chi connectivity index (χ1) is 5.95. The zero-order chi connectivity index (χ0) is 10.1. The van der Waals surface area contributed by atoms with Crippen LogP contribution < -0.4 is 0 Å². The zero-order valence-electron chi connectivity index (χ0n) is 6.89. The van der Waals surface area contributed by atoms with Crippen molar-refractivity contribution < 1.29 is 18.3 Å². The fourth-order valence-electron chi connectivity index (χ4n) is 0.901. The van der Waals surface area contributed by atoms with Gasteiger partial charge in [-0.05, 0) is 18.2 Å². The van der Waals surface area contributed by atoms with E-state index in [1.54, 1.807) is 0 Å². The van der Waals surface area contributed by atoms with E-state index in [0.717, 1.165) is 12.3 Å². The number of aromatic hydroxyl groups is 1. The highest BCUT2D eigenvalue weighted by molar-refractivity contribution is 7.90. The van der Waals surface area contributed by atoms with E-state index in [2.05, 4.69) is 0 Å². The average molecular weight is 200 g/mol. The molecule has 0 aliphatic heterocycles. The predicted molar refractivity (Wildman–Crippen MR) is 46.6 cm³/mol. The minimum atomic E-state index is -3.47. The van der Waals surface area contributed by atoms with E-state index >= 15 is 0 Å². The third-order valence-corrected chi connectivity index (χ3v) is 2.65. The number of rotatable bonds is 2. The fourth-order valence-corrected chi connectivity index (χ4v) is 1.70. The van der Waals surface area contributed by atoms with Gasteiger partial charge in [-0.15, -0.1) is 0 Å². The first-order valence-corrected chi connectivity index (χ1v) is 5.32. The Hall–Kier alpha value is -1.36. The van der Waals surface area contributed by atoms with Crippen LogP contribution >= 0.6 is 0 Å². The Morgan fingerprint density at radius 2 is 2.00 bits per heavy atom. The van der Waals surface area contributed by atoms with Crippen molar-refractivity contribution in [1.82, 2.24) is 0 Å². The summed E-state index contributed by atoms with van der Waals surface area (Å²) in [5.41, 5.74) is 0.221.